The quantitative estimate of drug-likeness (QED) is 0.838. The maximum Gasteiger partial charge on any atom is 0.254 e. The Hall–Kier alpha value is -1.22. The monoisotopic (exact) mass is 334 g/mol. The van der Waals surface area contributed by atoms with Crippen molar-refractivity contribution >= 4 is 24.0 Å². The molecule has 23 heavy (non-hydrogen) atoms. The highest BCUT2D eigenvalue weighted by atomic mass is 35.5. The lowest BCUT2D eigenvalue weighted by Crippen LogP contribution is -2.37. The summed E-state index contributed by atoms with van der Waals surface area (Å²) >= 11 is 0. The Morgan fingerprint density at radius 2 is 2.04 bits per heavy atom. The molecule has 2 aliphatic heterocycles. The highest BCUT2D eigenvalue weighted by molar-refractivity contribution is 5.95. The highest BCUT2D eigenvalue weighted by Crippen LogP contribution is 2.52. The molecule has 4 heteroatoms. The number of fused-ring (bicyclic) bond motifs is 3. The van der Waals surface area contributed by atoms with Gasteiger partial charge in [0.1, 0.15) is 0 Å². The van der Waals surface area contributed by atoms with E-state index in [2.05, 4.69) is 43.1 Å². The maximum absolute atomic E-state index is 13.0. The molecule has 2 atom stereocenters. The molecule has 0 spiro atoms. The minimum atomic E-state index is 0. The lowest BCUT2D eigenvalue weighted by molar-refractivity contribution is 0.0708. The molecule has 1 saturated heterocycles. The summed E-state index contributed by atoms with van der Waals surface area (Å²) in [5, 5.41) is 3.36. The number of nitrogens with zero attached hydrogens (tertiary/aromatic N) is 1. The molecule has 1 aliphatic carbocycles. The zero-order valence-electron chi connectivity index (χ0n) is 14.3. The molecule has 1 amide bonds. The fourth-order valence-corrected chi connectivity index (χ4v) is 5.30. The number of nitrogens with one attached hydrogen (secondary N) is 1. The normalized spacial score (nSPS) is 30.4. The highest BCUT2D eigenvalue weighted by Gasteiger charge is 2.51. The van der Waals surface area contributed by atoms with Crippen molar-refractivity contribution in [2.24, 2.45) is 10.8 Å². The van der Waals surface area contributed by atoms with Crippen LogP contribution in [0.4, 0.5) is 5.69 Å². The summed E-state index contributed by atoms with van der Waals surface area (Å²) in [6.45, 7) is 8.99. The summed E-state index contributed by atoms with van der Waals surface area (Å²) in [4.78, 5) is 15.2. The van der Waals surface area contributed by atoms with Gasteiger partial charge in [0, 0.05) is 30.4 Å². The van der Waals surface area contributed by atoms with E-state index in [1.54, 1.807) is 0 Å². The predicted octanol–water partition coefficient (Wildman–Crippen LogP) is 4.12. The van der Waals surface area contributed by atoms with Crippen molar-refractivity contribution in [1.82, 2.24) is 4.90 Å². The Labute approximate surface area is 145 Å². The molecule has 2 bridgehead atoms. The lowest BCUT2D eigenvalue weighted by atomic mass is 9.65. The molecule has 2 heterocycles. The van der Waals surface area contributed by atoms with Crippen molar-refractivity contribution in [3.63, 3.8) is 0 Å². The number of hydrogen-bond acceptors (Lipinski definition) is 2. The average molecular weight is 335 g/mol. The summed E-state index contributed by atoms with van der Waals surface area (Å²) in [5.74, 6) is 0.237. The molecular formula is C19H27ClN2O. The van der Waals surface area contributed by atoms with Crippen molar-refractivity contribution < 1.29 is 4.79 Å². The van der Waals surface area contributed by atoms with Gasteiger partial charge in [-0.05, 0) is 60.3 Å². The van der Waals surface area contributed by atoms with E-state index in [1.165, 1.54) is 24.1 Å². The van der Waals surface area contributed by atoms with E-state index in [4.69, 9.17) is 0 Å². The first-order chi connectivity index (χ1) is 10.4. The summed E-state index contributed by atoms with van der Waals surface area (Å²) in [7, 11) is 0. The zero-order chi connectivity index (χ0) is 15.5. The third-order valence-corrected chi connectivity index (χ3v) is 5.74. The Morgan fingerprint density at radius 3 is 2.83 bits per heavy atom. The minimum Gasteiger partial charge on any atom is -0.384 e. The molecule has 1 aromatic rings. The molecule has 0 radical (unpaired) electrons. The molecule has 1 aromatic carbocycles. The van der Waals surface area contributed by atoms with Crippen LogP contribution in [0, 0.1) is 10.8 Å². The van der Waals surface area contributed by atoms with Crippen molar-refractivity contribution in [2.45, 2.75) is 52.5 Å². The number of hydrogen-bond donors (Lipinski definition) is 1. The molecular weight excluding hydrogens is 308 g/mol. The molecule has 1 N–H and O–H groups in total. The topological polar surface area (TPSA) is 32.3 Å². The molecule has 3 nitrogen and oxygen atoms in total. The van der Waals surface area contributed by atoms with Crippen molar-refractivity contribution in [2.75, 3.05) is 18.4 Å². The van der Waals surface area contributed by atoms with Gasteiger partial charge >= 0.3 is 0 Å². The average Bonchev–Trinajstić information content (AvgIpc) is 2.97. The van der Waals surface area contributed by atoms with Gasteiger partial charge < -0.3 is 10.2 Å². The van der Waals surface area contributed by atoms with E-state index >= 15 is 0 Å². The van der Waals surface area contributed by atoms with Crippen molar-refractivity contribution in [1.29, 1.82) is 0 Å². The second kappa shape index (κ2) is 5.41. The Morgan fingerprint density at radius 1 is 1.26 bits per heavy atom. The lowest BCUT2D eigenvalue weighted by Gasteiger charge is -2.39. The van der Waals surface area contributed by atoms with Crippen LogP contribution in [0.3, 0.4) is 0 Å². The van der Waals surface area contributed by atoms with Crippen molar-refractivity contribution in [3.05, 3.63) is 29.3 Å². The number of anilines is 1. The van der Waals surface area contributed by atoms with E-state index in [9.17, 15) is 4.79 Å². The molecule has 2 unspecified atom stereocenters. The summed E-state index contributed by atoms with van der Waals surface area (Å²) in [6, 6.07) is 6.60. The van der Waals surface area contributed by atoms with Crippen LogP contribution in [0.1, 0.15) is 56.0 Å². The van der Waals surface area contributed by atoms with E-state index in [0.29, 0.717) is 16.9 Å². The smallest absolute Gasteiger partial charge is 0.254 e. The van der Waals surface area contributed by atoms with E-state index in [1.807, 2.05) is 6.07 Å². The Bertz CT molecular complexity index is 642. The largest absolute Gasteiger partial charge is 0.384 e. The number of benzene rings is 1. The number of rotatable bonds is 1. The van der Waals surface area contributed by atoms with Gasteiger partial charge in [-0.1, -0.05) is 20.8 Å². The zero-order valence-corrected chi connectivity index (χ0v) is 15.1. The van der Waals surface area contributed by atoms with Gasteiger partial charge in [0.05, 0.1) is 0 Å². The number of halogens is 1. The van der Waals surface area contributed by atoms with Gasteiger partial charge in [0.25, 0.3) is 5.91 Å². The van der Waals surface area contributed by atoms with Crippen LogP contribution in [0.15, 0.2) is 18.2 Å². The Balaban J connectivity index is 0.00000156. The predicted molar refractivity (Wildman–Crippen MR) is 96.4 cm³/mol. The number of carbonyl (C=O) groups is 1. The van der Waals surface area contributed by atoms with Crippen LogP contribution in [0.5, 0.6) is 0 Å². The number of carbonyl (C=O) groups excluding carboxylic acids is 1. The SMILES string of the molecule is CC1(C)CC2CC(C)(CN2C(=O)c2ccc3c(c2)CCN3)C1.Cl. The summed E-state index contributed by atoms with van der Waals surface area (Å²) in [6.07, 6.45) is 4.58. The molecule has 1 saturated carbocycles. The summed E-state index contributed by atoms with van der Waals surface area (Å²) in [5.41, 5.74) is 4.02. The van der Waals surface area contributed by atoms with Gasteiger partial charge in [0.2, 0.25) is 0 Å². The molecule has 4 rings (SSSR count). The second-order valence-electron chi connectivity index (χ2n) is 8.70. The third kappa shape index (κ3) is 2.84. The second-order valence-corrected chi connectivity index (χ2v) is 8.70. The standard InChI is InChI=1S/C19H26N2O.ClH/c1-18(2)9-15-10-19(3,11-18)12-21(15)17(22)14-4-5-16-13(8-14)6-7-20-16;/h4-5,8,15,20H,6-7,9-12H2,1-3H3;1H. The van der Waals surface area contributed by atoms with Crippen LogP contribution in [-0.2, 0) is 6.42 Å². The minimum absolute atomic E-state index is 0. The van der Waals surface area contributed by atoms with Crippen LogP contribution >= 0.6 is 12.4 Å². The van der Waals surface area contributed by atoms with Crippen LogP contribution in [-0.4, -0.2) is 29.9 Å². The number of likely N-dealkylation sites (tertiary alicyclic amines) is 1. The maximum atomic E-state index is 13.0. The number of amides is 1. The van der Waals surface area contributed by atoms with Gasteiger partial charge in [-0.15, -0.1) is 12.4 Å². The van der Waals surface area contributed by atoms with Crippen LogP contribution in [0.25, 0.3) is 0 Å². The fourth-order valence-electron chi connectivity index (χ4n) is 5.30. The molecule has 0 aromatic heterocycles. The van der Waals surface area contributed by atoms with Crippen LogP contribution in [0.2, 0.25) is 0 Å². The first kappa shape index (κ1) is 16.6. The molecule has 126 valence electrons. The van der Waals surface area contributed by atoms with Crippen molar-refractivity contribution in [3.8, 4) is 0 Å². The fraction of sp³-hybridized carbons (Fsp3) is 0.632. The van der Waals surface area contributed by atoms with Gasteiger partial charge in [-0.2, -0.15) is 0 Å². The van der Waals surface area contributed by atoms with Gasteiger partial charge in [0.15, 0.2) is 0 Å². The first-order valence-electron chi connectivity index (χ1n) is 8.53. The van der Waals surface area contributed by atoms with Gasteiger partial charge in [-0.25, -0.2) is 0 Å². The molecule has 3 aliphatic rings. The van der Waals surface area contributed by atoms with E-state index < -0.39 is 0 Å². The van der Waals surface area contributed by atoms with Gasteiger partial charge in [-0.3, -0.25) is 4.79 Å². The van der Waals surface area contributed by atoms with E-state index in [-0.39, 0.29) is 18.3 Å². The molecule has 2 fully saturated rings. The Kier molecular flexibility index (Phi) is 3.91. The summed E-state index contributed by atoms with van der Waals surface area (Å²) < 4.78 is 0. The first-order valence-corrected chi connectivity index (χ1v) is 8.53. The van der Waals surface area contributed by atoms with E-state index in [0.717, 1.165) is 31.5 Å². The third-order valence-electron chi connectivity index (χ3n) is 5.74. The van der Waals surface area contributed by atoms with Crippen LogP contribution < -0.4 is 5.32 Å².